The van der Waals surface area contributed by atoms with Gasteiger partial charge in [0.05, 0.1) is 6.42 Å². The van der Waals surface area contributed by atoms with Crippen molar-refractivity contribution in [3.63, 3.8) is 0 Å². The summed E-state index contributed by atoms with van der Waals surface area (Å²) in [5, 5.41) is 38.1. The summed E-state index contributed by atoms with van der Waals surface area (Å²) in [6.45, 7) is 0.170. The van der Waals surface area contributed by atoms with Crippen LogP contribution in [0.25, 0.3) is 0 Å². The molecule has 17 nitrogen and oxygen atoms in total. The molecule has 1 aromatic rings. The zero-order valence-electron chi connectivity index (χ0n) is 24.8. The molecule has 4 atom stereocenters. The number of amides is 5. The van der Waals surface area contributed by atoms with Crippen LogP contribution in [0.1, 0.15) is 63.4 Å². The Hall–Kier alpha value is -4.93. The number of rotatable bonds is 14. The number of carboxylic acids is 1. The minimum absolute atomic E-state index is 0.0134. The van der Waals surface area contributed by atoms with Crippen molar-refractivity contribution in [2.75, 3.05) is 6.54 Å². The Morgan fingerprint density at radius 2 is 1.44 bits per heavy atom. The number of aliphatic carboxylic acids is 1. The van der Waals surface area contributed by atoms with Crippen molar-refractivity contribution < 1.29 is 44.2 Å². The summed E-state index contributed by atoms with van der Waals surface area (Å²) < 4.78 is 0. The third kappa shape index (κ3) is 13.9. The van der Waals surface area contributed by atoms with Crippen molar-refractivity contribution in [2.45, 2.75) is 88.4 Å². The monoisotopic (exact) mass is 634 g/mol. The van der Waals surface area contributed by atoms with E-state index in [4.69, 9.17) is 16.7 Å². The van der Waals surface area contributed by atoms with E-state index in [0.29, 0.717) is 31.2 Å². The van der Waals surface area contributed by atoms with Gasteiger partial charge >= 0.3 is 5.97 Å². The smallest absolute Gasteiger partial charge is 0.305 e. The molecule has 1 aliphatic heterocycles. The van der Waals surface area contributed by atoms with Crippen LogP contribution < -0.4 is 38.2 Å². The van der Waals surface area contributed by atoms with Crippen LogP contribution in [0, 0.1) is 0 Å². The molecule has 0 radical (unpaired) electrons. The average molecular weight is 635 g/mol. The zero-order valence-corrected chi connectivity index (χ0v) is 24.8. The van der Waals surface area contributed by atoms with Gasteiger partial charge in [0, 0.05) is 25.4 Å². The standard InChI is InChI=1S/C28H42N8O9/c29-28(30)31-12-4-6-19-25(42)34-20(5-2-1-3-7-22(38)36-45)26(43)35-21(15-24(40)41)27(44)32-17(14-23(39)33-19)13-16-8-10-18(37)11-9-16/h8-11,17,19-21,37,45H,1-7,12-15H2,(H,32,44)(H,33,39)(H,34,42)(H,35,43)(H,36,38)(H,40,41)(H4,29,30,31)/t17-,19-,20-,21-/m0/s1. The third-order valence-corrected chi connectivity index (χ3v) is 6.96. The lowest BCUT2D eigenvalue weighted by atomic mass is 10.0. The molecule has 0 aliphatic carbocycles. The Bertz CT molecular complexity index is 1220. The number of carbonyl (C=O) groups excluding carboxylic acids is 5. The minimum Gasteiger partial charge on any atom is -0.508 e. The molecule has 1 aliphatic rings. The number of carboxylic acid groups (broad SMARTS) is 1. The topological polar surface area (TPSA) is 288 Å². The molecule has 0 unspecified atom stereocenters. The number of hydrogen-bond donors (Lipinski definition) is 10. The number of phenols is 1. The predicted molar refractivity (Wildman–Crippen MR) is 159 cm³/mol. The third-order valence-electron chi connectivity index (χ3n) is 6.96. The van der Waals surface area contributed by atoms with Gasteiger partial charge in [0.2, 0.25) is 29.5 Å². The van der Waals surface area contributed by atoms with Gasteiger partial charge in [0.25, 0.3) is 0 Å². The predicted octanol–water partition coefficient (Wildman–Crippen LogP) is -1.74. The van der Waals surface area contributed by atoms with Crippen LogP contribution in [0.2, 0.25) is 0 Å². The first-order valence-electron chi connectivity index (χ1n) is 14.6. The second kappa shape index (κ2) is 18.7. The molecule has 2 rings (SSSR count). The molecule has 0 spiro atoms. The van der Waals surface area contributed by atoms with E-state index in [9.17, 15) is 39.0 Å². The highest BCUT2D eigenvalue weighted by Gasteiger charge is 2.33. The van der Waals surface area contributed by atoms with Crippen LogP contribution in [0.4, 0.5) is 0 Å². The molecule has 1 aromatic carbocycles. The molecule has 5 amide bonds. The summed E-state index contributed by atoms with van der Waals surface area (Å²) in [6.07, 6.45) is 0.753. The van der Waals surface area contributed by atoms with Gasteiger partial charge in [-0.2, -0.15) is 0 Å². The molecular formula is C28H42N8O9. The van der Waals surface area contributed by atoms with Crippen molar-refractivity contribution in [3.8, 4) is 5.75 Å². The van der Waals surface area contributed by atoms with E-state index in [1.54, 1.807) is 12.1 Å². The molecule has 0 bridgehead atoms. The van der Waals surface area contributed by atoms with Gasteiger partial charge in [-0.25, -0.2) is 5.48 Å². The van der Waals surface area contributed by atoms with E-state index in [2.05, 4.69) is 26.3 Å². The largest absolute Gasteiger partial charge is 0.508 e. The second-order valence-corrected chi connectivity index (χ2v) is 10.7. The highest BCUT2D eigenvalue weighted by atomic mass is 16.5. The van der Waals surface area contributed by atoms with Gasteiger partial charge in [-0.1, -0.05) is 25.0 Å². The quantitative estimate of drug-likeness (QED) is 0.0360. The lowest BCUT2D eigenvalue weighted by Gasteiger charge is -2.24. The van der Waals surface area contributed by atoms with E-state index < -0.39 is 66.1 Å². The van der Waals surface area contributed by atoms with Gasteiger partial charge in [-0.3, -0.25) is 39.0 Å². The molecular weight excluding hydrogens is 592 g/mol. The molecule has 1 saturated heterocycles. The molecule has 1 heterocycles. The fraction of sp³-hybridized carbons (Fsp3) is 0.536. The van der Waals surface area contributed by atoms with Crippen LogP contribution >= 0.6 is 0 Å². The number of aliphatic imine (C=N–C) groups is 1. The number of nitrogens with two attached hydrogens (primary N) is 2. The van der Waals surface area contributed by atoms with Gasteiger partial charge in [0.1, 0.15) is 23.9 Å². The van der Waals surface area contributed by atoms with Gasteiger partial charge < -0.3 is 42.9 Å². The molecule has 12 N–H and O–H groups in total. The molecule has 17 heteroatoms. The zero-order chi connectivity index (χ0) is 33.4. The number of nitrogens with one attached hydrogen (secondary N) is 5. The van der Waals surface area contributed by atoms with Gasteiger partial charge in [-0.05, 0) is 49.8 Å². The van der Waals surface area contributed by atoms with E-state index in [1.807, 2.05) is 0 Å². The van der Waals surface area contributed by atoms with Crippen molar-refractivity contribution in [1.29, 1.82) is 0 Å². The summed E-state index contributed by atoms with van der Waals surface area (Å²) >= 11 is 0. The van der Waals surface area contributed by atoms with Crippen molar-refractivity contribution >= 4 is 41.5 Å². The maximum absolute atomic E-state index is 13.4. The number of hydroxylamine groups is 1. The number of nitrogens with zero attached hydrogens (tertiary/aromatic N) is 1. The summed E-state index contributed by atoms with van der Waals surface area (Å²) in [5.74, 6) is -4.99. The minimum atomic E-state index is -1.52. The Morgan fingerprint density at radius 1 is 0.844 bits per heavy atom. The first-order valence-corrected chi connectivity index (χ1v) is 14.6. The molecule has 45 heavy (non-hydrogen) atoms. The lowest BCUT2D eigenvalue weighted by Crippen LogP contribution is -2.56. The number of guanidine groups is 1. The Morgan fingerprint density at radius 3 is 2.07 bits per heavy atom. The number of benzene rings is 1. The number of unbranched alkanes of at least 4 members (excludes halogenated alkanes) is 2. The van der Waals surface area contributed by atoms with Crippen LogP contribution in [-0.4, -0.2) is 87.6 Å². The fourth-order valence-electron chi connectivity index (χ4n) is 4.71. The van der Waals surface area contributed by atoms with Crippen molar-refractivity contribution in [3.05, 3.63) is 29.8 Å². The number of hydrogen-bond acceptors (Lipinski definition) is 9. The van der Waals surface area contributed by atoms with Gasteiger partial charge in [-0.15, -0.1) is 0 Å². The Kier molecular flexibility index (Phi) is 15.0. The normalized spacial score (nSPS) is 21.0. The molecule has 0 saturated carbocycles. The van der Waals surface area contributed by atoms with E-state index >= 15 is 0 Å². The SMILES string of the molecule is NC(N)=NCCC[C@@H]1NC(=O)C[C@H](Cc2ccc(O)cc2)NC(=O)[C@H](CC(=O)O)NC(=O)[C@H](CCCCCC(=O)NO)NC1=O. The second-order valence-electron chi connectivity index (χ2n) is 10.7. The Labute approximate surface area is 259 Å². The van der Waals surface area contributed by atoms with Gasteiger partial charge in [0.15, 0.2) is 5.96 Å². The summed E-state index contributed by atoms with van der Waals surface area (Å²) in [5.41, 5.74) is 12.9. The van der Waals surface area contributed by atoms with Crippen molar-refractivity contribution in [1.82, 2.24) is 26.7 Å². The first kappa shape index (κ1) is 36.3. The van der Waals surface area contributed by atoms with Crippen LogP contribution in [0.3, 0.4) is 0 Å². The maximum Gasteiger partial charge on any atom is 0.305 e. The Balaban J connectivity index is 2.36. The van der Waals surface area contributed by atoms with Crippen molar-refractivity contribution in [2.24, 2.45) is 16.5 Å². The number of phenolic OH excluding ortho intramolecular Hbond substituents is 1. The lowest BCUT2D eigenvalue weighted by molar-refractivity contribution is -0.141. The molecule has 1 fully saturated rings. The number of carbonyl (C=O) groups is 6. The first-order chi connectivity index (χ1) is 21.4. The highest BCUT2D eigenvalue weighted by molar-refractivity contribution is 5.96. The maximum atomic E-state index is 13.4. The van der Waals surface area contributed by atoms with E-state index in [-0.39, 0.29) is 50.4 Å². The van der Waals surface area contributed by atoms with E-state index in [1.165, 1.54) is 17.6 Å². The molecule has 248 valence electrons. The average Bonchev–Trinajstić information content (AvgIpc) is 2.97. The highest BCUT2D eigenvalue weighted by Crippen LogP contribution is 2.14. The summed E-state index contributed by atoms with van der Waals surface area (Å²) in [4.78, 5) is 80.0. The van der Waals surface area contributed by atoms with Crippen LogP contribution in [0.5, 0.6) is 5.75 Å². The summed E-state index contributed by atoms with van der Waals surface area (Å²) in [7, 11) is 0. The van der Waals surface area contributed by atoms with Crippen LogP contribution in [-0.2, 0) is 35.2 Å². The number of aromatic hydroxyl groups is 1. The molecule has 0 aromatic heterocycles. The fourth-order valence-corrected chi connectivity index (χ4v) is 4.71. The van der Waals surface area contributed by atoms with E-state index in [0.717, 1.165) is 0 Å². The van der Waals surface area contributed by atoms with Crippen LogP contribution in [0.15, 0.2) is 29.3 Å². The summed E-state index contributed by atoms with van der Waals surface area (Å²) in [6, 6.07) is 1.35.